The largest absolute Gasteiger partial charge is 0.459 e. The molecule has 2 N–H and O–H groups in total. The molecule has 0 saturated carbocycles. The van der Waals surface area contributed by atoms with E-state index in [1.165, 1.54) is 0 Å². The van der Waals surface area contributed by atoms with Gasteiger partial charge in [-0.25, -0.2) is 4.79 Å². The van der Waals surface area contributed by atoms with Crippen LogP contribution in [0.4, 0.5) is 0 Å². The Morgan fingerprint density at radius 2 is 1.83 bits per heavy atom. The molecule has 1 atom stereocenters. The molecular formula is C14H20O4. The number of hydrogen-bond donors (Lipinski definition) is 2. The SMILES string of the molecule is CC(C)(C)c1ccc(C(=O)OCC(O)CO)cc1. The van der Waals surface area contributed by atoms with Crippen molar-refractivity contribution < 1.29 is 19.7 Å². The number of benzene rings is 1. The average Bonchev–Trinajstić information content (AvgIpc) is 2.34. The van der Waals surface area contributed by atoms with Gasteiger partial charge in [-0.05, 0) is 23.1 Å². The van der Waals surface area contributed by atoms with E-state index < -0.39 is 18.7 Å². The monoisotopic (exact) mass is 252 g/mol. The topological polar surface area (TPSA) is 66.8 Å². The predicted octanol–water partition coefficient (Wildman–Crippen LogP) is 1.49. The fraction of sp³-hybridized carbons (Fsp3) is 0.500. The summed E-state index contributed by atoms with van der Waals surface area (Å²) in [6, 6.07) is 7.18. The first-order chi connectivity index (χ1) is 8.34. The summed E-state index contributed by atoms with van der Waals surface area (Å²) in [4.78, 5) is 11.6. The van der Waals surface area contributed by atoms with Crippen LogP contribution in [-0.4, -0.2) is 35.5 Å². The zero-order chi connectivity index (χ0) is 13.8. The molecule has 0 saturated heterocycles. The zero-order valence-corrected chi connectivity index (χ0v) is 11.0. The summed E-state index contributed by atoms with van der Waals surface area (Å²) < 4.78 is 4.86. The standard InChI is InChI=1S/C14H20O4/c1-14(2,3)11-6-4-10(5-7-11)13(17)18-9-12(16)8-15/h4-7,12,15-16H,8-9H2,1-3H3. The smallest absolute Gasteiger partial charge is 0.338 e. The normalized spacial score (nSPS) is 13.2. The van der Waals surface area contributed by atoms with Crippen molar-refractivity contribution in [1.82, 2.24) is 0 Å². The van der Waals surface area contributed by atoms with Gasteiger partial charge in [0, 0.05) is 0 Å². The van der Waals surface area contributed by atoms with E-state index in [1.54, 1.807) is 12.1 Å². The van der Waals surface area contributed by atoms with E-state index in [0.29, 0.717) is 5.56 Å². The number of rotatable bonds is 4. The van der Waals surface area contributed by atoms with Crippen LogP contribution in [0.1, 0.15) is 36.7 Å². The van der Waals surface area contributed by atoms with Gasteiger partial charge in [0.2, 0.25) is 0 Å². The van der Waals surface area contributed by atoms with Crippen molar-refractivity contribution in [2.75, 3.05) is 13.2 Å². The molecule has 0 aromatic heterocycles. The highest BCUT2D eigenvalue weighted by Gasteiger charge is 2.15. The molecule has 4 nitrogen and oxygen atoms in total. The average molecular weight is 252 g/mol. The van der Waals surface area contributed by atoms with Crippen molar-refractivity contribution in [2.24, 2.45) is 0 Å². The highest BCUT2D eigenvalue weighted by molar-refractivity contribution is 5.89. The first-order valence-corrected chi connectivity index (χ1v) is 5.91. The summed E-state index contributed by atoms with van der Waals surface area (Å²) in [5.74, 6) is -0.497. The minimum atomic E-state index is -1.03. The lowest BCUT2D eigenvalue weighted by molar-refractivity contribution is 0.00933. The van der Waals surface area contributed by atoms with Crippen LogP contribution in [0.2, 0.25) is 0 Å². The zero-order valence-electron chi connectivity index (χ0n) is 11.0. The summed E-state index contributed by atoms with van der Waals surface area (Å²) in [7, 11) is 0. The number of ether oxygens (including phenoxy) is 1. The Hall–Kier alpha value is -1.39. The maximum atomic E-state index is 11.6. The van der Waals surface area contributed by atoms with Gasteiger partial charge in [-0.2, -0.15) is 0 Å². The minimum absolute atomic E-state index is 0.0372. The van der Waals surface area contributed by atoms with E-state index in [0.717, 1.165) is 5.56 Å². The van der Waals surface area contributed by atoms with Crippen LogP contribution in [0.5, 0.6) is 0 Å². The molecule has 0 spiro atoms. The Morgan fingerprint density at radius 3 is 2.28 bits per heavy atom. The van der Waals surface area contributed by atoms with Crippen molar-refractivity contribution in [3.8, 4) is 0 Å². The minimum Gasteiger partial charge on any atom is -0.459 e. The summed E-state index contributed by atoms with van der Waals surface area (Å²) >= 11 is 0. The second kappa shape index (κ2) is 5.98. The van der Waals surface area contributed by atoms with E-state index in [2.05, 4.69) is 20.8 Å². The van der Waals surface area contributed by atoms with Crippen molar-refractivity contribution in [3.63, 3.8) is 0 Å². The third-order valence-corrected chi connectivity index (χ3v) is 2.60. The number of esters is 1. The fourth-order valence-electron chi connectivity index (χ4n) is 1.41. The molecular weight excluding hydrogens is 232 g/mol. The molecule has 1 unspecified atom stereocenters. The van der Waals surface area contributed by atoms with Gasteiger partial charge in [0.15, 0.2) is 0 Å². The number of aliphatic hydroxyl groups is 2. The van der Waals surface area contributed by atoms with Crippen molar-refractivity contribution in [2.45, 2.75) is 32.3 Å². The third kappa shape index (κ3) is 4.13. The van der Waals surface area contributed by atoms with Crippen LogP contribution in [0.3, 0.4) is 0 Å². The molecule has 0 aliphatic rings. The maximum Gasteiger partial charge on any atom is 0.338 e. The molecule has 100 valence electrons. The van der Waals surface area contributed by atoms with E-state index in [9.17, 15) is 4.79 Å². The van der Waals surface area contributed by atoms with Gasteiger partial charge in [-0.3, -0.25) is 0 Å². The molecule has 1 rings (SSSR count). The van der Waals surface area contributed by atoms with Crippen molar-refractivity contribution >= 4 is 5.97 Å². The highest BCUT2D eigenvalue weighted by atomic mass is 16.5. The lowest BCUT2D eigenvalue weighted by atomic mass is 9.87. The molecule has 1 aromatic rings. The Morgan fingerprint density at radius 1 is 1.28 bits per heavy atom. The summed E-state index contributed by atoms with van der Waals surface area (Å²) in [6.07, 6.45) is -1.03. The number of aliphatic hydroxyl groups excluding tert-OH is 2. The molecule has 0 radical (unpaired) electrons. The third-order valence-electron chi connectivity index (χ3n) is 2.60. The molecule has 0 heterocycles. The van der Waals surface area contributed by atoms with Gasteiger partial charge in [-0.1, -0.05) is 32.9 Å². The lowest BCUT2D eigenvalue weighted by Gasteiger charge is -2.19. The number of carbonyl (C=O) groups is 1. The van der Waals surface area contributed by atoms with E-state index in [-0.39, 0.29) is 12.0 Å². The maximum absolute atomic E-state index is 11.6. The van der Waals surface area contributed by atoms with Gasteiger partial charge in [0.1, 0.15) is 12.7 Å². The predicted molar refractivity (Wildman–Crippen MR) is 68.5 cm³/mol. The first kappa shape index (κ1) is 14.7. The van der Waals surface area contributed by atoms with Crippen LogP contribution in [0.25, 0.3) is 0 Å². The Bertz CT molecular complexity index is 389. The molecule has 1 aromatic carbocycles. The summed E-state index contributed by atoms with van der Waals surface area (Å²) in [6.45, 7) is 5.67. The highest BCUT2D eigenvalue weighted by Crippen LogP contribution is 2.22. The van der Waals surface area contributed by atoms with Gasteiger partial charge in [0.25, 0.3) is 0 Å². The lowest BCUT2D eigenvalue weighted by Crippen LogP contribution is -2.22. The molecule has 0 amide bonds. The molecule has 0 fully saturated rings. The van der Waals surface area contributed by atoms with Crippen molar-refractivity contribution in [3.05, 3.63) is 35.4 Å². The second-order valence-electron chi connectivity index (χ2n) is 5.26. The Labute approximate surface area is 107 Å². The van der Waals surface area contributed by atoms with Gasteiger partial charge >= 0.3 is 5.97 Å². The Balaban J connectivity index is 2.65. The van der Waals surface area contributed by atoms with Gasteiger partial charge in [-0.15, -0.1) is 0 Å². The van der Waals surface area contributed by atoms with E-state index >= 15 is 0 Å². The van der Waals surface area contributed by atoms with Crippen LogP contribution in [-0.2, 0) is 10.2 Å². The summed E-state index contributed by atoms with van der Waals surface area (Å²) in [5, 5.41) is 17.7. The van der Waals surface area contributed by atoms with Gasteiger partial charge in [0.05, 0.1) is 12.2 Å². The van der Waals surface area contributed by atoms with Gasteiger partial charge < -0.3 is 14.9 Å². The fourth-order valence-corrected chi connectivity index (χ4v) is 1.41. The van der Waals surface area contributed by atoms with E-state index in [4.69, 9.17) is 14.9 Å². The molecule has 4 heteroatoms. The van der Waals surface area contributed by atoms with Crippen molar-refractivity contribution in [1.29, 1.82) is 0 Å². The number of carbonyl (C=O) groups excluding carboxylic acids is 1. The molecule has 0 aliphatic carbocycles. The van der Waals surface area contributed by atoms with Crippen LogP contribution < -0.4 is 0 Å². The van der Waals surface area contributed by atoms with Crippen LogP contribution in [0, 0.1) is 0 Å². The quantitative estimate of drug-likeness (QED) is 0.797. The first-order valence-electron chi connectivity index (χ1n) is 5.91. The summed E-state index contributed by atoms with van der Waals surface area (Å²) in [5.41, 5.74) is 1.61. The molecule has 0 bridgehead atoms. The van der Waals surface area contributed by atoms with Crippen LogP contribution >= 0.6 is 0 Å². The van der Waals surface area contributed by atoms with Crippen LogP contribution in [0.15, 0.2) is 24.3 Å². The van der Waals surface area contributed by atoms with E-state index in [1.807, 2.05) is 12.1 Å². The Kier molecular flexibility index (Phi) is 4.87. The second-order valence-corrected chi connectivity index (χ2v) is 5.26. The molecule has 0 aliphatic heterocycles. The number of hydrogen-bond acceptors (Lipinski definition) is 4. The molecule has 18 heavy (non-hydrogen) atoms.